The van der Waals surface area contributed by atoms with Crippen LogP contribution >= 0.6 is 0 Å². The maximum atomic E-state index is 13.2. The molecule has 9 heteroatoms. The fourth-order valence-corrected chi connectivity index (χ4v) is 3.72. The molecule has 2 aliphatic rings. The Labute approximate surface area is 195 Å². The van der Waals surface area contributed by atoms with Crippen molar-refractivity contribution in [3.05, 3.63) is 82.8 Å². The number of benzene rings is 1. The van der Waals surface area contributed by atoms with Crippen LogP contribution in [0.5, 0.6) is 0 Å². The number of fused-ring (bicyclic) bond motifs is 1. The number of nitrogen functional groups attached to an aromatic ring is 1. The summed E-state index contributed by atoms with van der Waals surface area (Å²) in [4.78, 5) is 23.6. The van der Waals surface area contributed by atoms with Crippen LogP contribution in [-0.2, 0) is 11.0 Å². The zero-order valence-corrected chi connectivity index (χ0v) is 18.5. The van der Waals surface area contributed by atoms with Gasteiger partial charge in [0.05, 0.1) is 23.2 Å². The van der Waals surface area contributed by atoms with Gasteiger partial charge in [-0.25, -0.2) is 0 Å². The van der Waals surface area contributed by atoms with Gasteiger partial charge in [-0.1, -0.05) is 11.8 Å². The minimum atomic E-state index is -4.54. The molecule has 0 saturated heterocycles. The van der Waals surface area contributed by atoms with E-state index in [0.29, 0.717) is 23.5 Å². The number of anilines is 1. The van der Waals surface area contributed by atoms with Crippen LogP contribution in [0.4, 0.5) is 18.9 Å². The number of alkyl halides is 3. The molecule has 3 heterocycles. The third-order valence-corrected chi connectivity index (χ3v) is 5.34. The highest BCUT2D eigenvalue weighted by atomic mass is 19.4. The second kappa shape index (κ2) is 9.06. The second-order valence-electron chi connectivity index (χ2n) is 8.16. The number of carbonyl (C=O) groups excluding carboxylic acids is 1. The standard InChI is InChI=1S/C25H22F3N5O/c1-15-13-33-14-18(4-3-17-5-7-30-8-6-17)9-22(23(33)31-15)24(34)32-16(2)19-10-20(25(26,27)28)12-21(29)11-19/h5-12,14-16H,13,29H2,1-2H3,(H,32,34)/t15-,16-/m1/s1. The Morgan fingerprint density at radius 2 is 1.97 bits per heavy atom. The van der Waals surface area contributed by atoms with Crippen LogP contribution in [0.2, 0.25) is 0 Å². The SMILES string of the molecule is C[C@@H]1CN2C=C(C#Cc3ccncc3)C=C(C(=O)N[C@H](C)c3cc(N)cc(C(F)(F)F)c3)C2=N1. The van der Waals surface area contributed by atoms with Crippen molar-refractivity contribution in [3.8, 4) is 11.8 Å². The van der Waals surface area contributed by atoms with Crippen LogP contribution in [0, 0.1) is 11.8 Å². The van der Waals surface area contributed by atoms with E-state index in [-0.39, 0.29) is 17.3 Å². The first kappa shape index (κ1) is 23.1. The number of carbonyl (C=O) groups is 1. The molecule has 34 heavy (non-hydrogen) atoms. The van der Waals surface area contributed by atoms with Crippen molar-refractivity contribution in [3.63, 3.8) is 0 Å². The number of aromatic nitrogens is 1. The van der Waals surface area contributed by atoms with Gasteiger partial charge in [-0.15, -0.1) is 0 Å². The number of pyridine rings is 1. The van der Waals surface area contributed by atoms with E-state index >= 15 is 0 Å². The summed E-state index contributed by atoms with van der Waals surface area (Å²) >= 11 is 0. The molecule has 0 spiro atoms. The lowest BCUT2D eigenvalue weighted by molar-refractivity contribution is -0.137. The Balaban J connectivity index is 1.60. The highest BCUT2D eigenvalue weighted by molar-refractivity contribution is 6.22. The molecule has 1 aromatic carbocycles. The van der Waals surface area contributed by atoms with E-state index < -0.39 is 23.7 Å². The third-order valence-electron chi connectivity index (χ3n) is 5.34. The Bertz CT molecular complexity index is 1270. The number of allylic oxidation sites excluding steroid dienone is 2. The second-order valence-corrected chi connectivity index (χ2v) is 8.16. The van der Waals surface area contributed by atoms with Crippen molar-refractivity contribution in [1.82, 2.24) is 15.2 Å². The number of amidine groups is 1. The molecule has 3 N–H and O–H groups in total. The van der Waals surface area contributed by atoms with E-state index in [2.05, 4.69) is 27.1 Å². The van der Waals surface area contributed by atoms with E-state index in [1.807, 2.05) is 18.0 Å². The molecule has 0 aliphatic carbocycles. The molecule has 2 aromatic rings. The van der Waals surface area contributed by atoms with E-state index in [0.717, 1.165) is 17.7 Å². The lowest BCUT2D eigenvalue weighted by atomic mass is 10.0. The summed E-state index contributed by atoms with van der Waals surface area (Å²) in [5.74, 6) is 6.14. The molecule has 2 atom stereocenters. The van der Waals surface area contributed by atoms with Gasteiger partial charge in [0, 0.05) is 42.0 Å². The molecule has 0 saturated carbocycles. The summed E-state index contributed by atoms with van der Waals surface area (Å²) in [7, 11) is 0. The Morgan fingerprint density at radius 3 is 2.68 bits per heavy atom. The van der Waals surface area contributed by atoms with Gasteiger partial charge in [0.15, 0.2) is 0 Å². The Morgan fingerprint density at radius 1 is 1.24 bits per heavy atom. The summed E-state index contributed by atoms with van der Waals surface area (Å²) in [6.07, 6.45) is 2.22. The maximum Gasteiger partial charge on any atom is 0.416 e. The maximum absolute atomic E-state index is 13.2. The monoisotopic (exact) mass is 465 g/mol. The molecule has 1 aromatic heterocycles. The van der Waals surface area contributed by atoms with E-state index in [4.69, 9.17) is 5.73 Å². The van der Waals surface area contributed by atoms with Crippen LogP contribution in [-0.4, -0.2) is 34.2 Å². The summed E-state index contributed by atoms with van der Waals surface area (Å²) < 4.78 is 39.6. The highest BCUT2D eigenvalue weighted by Gasteiger charge is 2.33. The molecular weight excluding hydrogens is 443 g/mol. The van der Waals surface area contributed by atoms with E-state index in [1.54, 1.807) is 37.5 Å². The number of hydrogen-bond acceptors (Lipinski definition) is 5. The average Bonchev–Trinajstić information content (AvgIpc) is 3.16. The van der Waals surface area contributed by atoms with E-state index in [9.17, 15) is 18.0 Å². The van der Waals surface area contributed by atoms with Gasteiger partial charge in [-0.2, -0.15) is 13.2 Å². The van der Waals surface area contributed by atoms with Crippen LogP contribution in [0.3, 0.4) is 0 Å². The summed E-state index contributed by atoms with van der Waals surface area (Å²) in [5, 5.41) is 2.77. The molecule has 6 nitrogen and oxygen atoms in total. The Kier molecular flexibility index (Phi) is 6.16. The van der Waals surface area contributed by atoms with Crippen LogP contribution in [0.25, 0.3) is 0 Å². The third kappa shape index (κ3) is 5.12. The molecule has 174 valence electrons. The van der Waals surface area contributed by atoms with Crippen molar-refractivity contribution in [1.29, 1.82) is 0 Å². The van der Waals surface area contributed by atoms with Crippen molar-refractivity contribution < 1.29 is 18.0 Å². The van der Waals surface area contributed by atoms with Crippen LogP contribution < -0.4 is 11.1 Å². The van der Waals surface area contributed by atoms with Gasteiger partial charge in [-0.3, -0.25) is 14.8 Å². The van der Waals surface area contributed by atoms with Gasteiger partial charge < -0.3 is 16.0 Å². The zero-order valence-electron chi connectivity index (χ0n) is 18.5. The van der Waals surface area contributed by atoms with Crippen molar-refractivity contribution >= 4 is 17.4 Å². The molecule has 2 aliphatic heterocycles. The number of amides is 1. The lowest BCUT2D eigenvalue weighted by Crippen LogP contribution is -2.37. The predicted molar refractivity (Wildman–Crippen MR) is 123 cm³/mol. The minimum Gasteiger partial charge on any atom is -0.399 e. The van der Waals surface area contributed by atoms with Crippen LogP contribution in [0.1, 0.15) is 36.6 Å². The van der Waals surface area contributed by atoms with Crippen molar-refractivity contribution in [2.75, 3.05) is 12.3 Å². The van der Waals surface area contributed by atoms with Gasteiger partial charge in [0.25, 0.3) is 5.91 Å². The van der Waals surface area contributed by atoms with Crippen LogP contribution in [0.15, 0.2) is 71.1 Å². The van der Waals surface area contributed by atoms with Gasteiger partial charge in [0.2, 0.25) is 0 Å². The van der Waals surface area contributed by atoms with Gasteiger partial charge >= 0.3 is 6.18 Å². The van der Waals surface area contributed by atoms with Gasteiger partial charge in [-0.05, 0) is 55.8 Å². The van der Waals surface area contributed by atoms with Crippen molar-refractivity contribution in [2.45, 2.75) is 32.1 Å². The quantitative estimate of drug-likeness (QED) is 0.533. The van der Waals surface area contributed by atoms with E-state index in [1.165, 1.54) is 6.07 Å². The summed E-state index contributed by atoms with van der Waals surface area (Å²) in [5.41, 5.74) is 6.74. The molecule has 0 unspecified atom stereocenters. The molecule has 0 bridgehead atoms. The first-order valence-corrected chi connectivity index (χ1v) is 10.6. The molecule has 0 radical (unpaired) electrons. The highest BCUT2D eigenvalue weighted by Crippen LogP contribution is 2.33. The number of nitrogens with zero attached hydrogens (tertiary/aromatic N) is 3. The van der Waals surface area contributed by atoms with Crippen molar-refractivity contribution in [2.24, 2.45) is 4.99 Å². The number of nitrogens with one attached hydrogen (secondary N) is 1. The average molecular weight is 465 g/mol. The fourth-order valence-electron chi connectivity index (χ4n) is 3.72. The molecular formula is C25H22F3N5O. The Hall–Kier alpha value is -4.06. The number of nitrogens with two attached hydrogens (primary N) is 1. The predicted octanol–water partition coefficient (Wildman–Crippen LogP) is 3.84. The lowest BCUT2D eigenvalue weighted by Gasteiger charge is -2.24. The van der Waals surface area contributed by atoms with Gasteiger partial charge in [0.1, 0.15) is 5.84 Å². The first-order chi connectivity index (χ1) is 16.1. The fraction of sp³-hybridized carbons (Fsp3) is 0.240. The smallest absolute Gasteiger partial charge is 0.399 e. The topological polar surface area (TPSA) is 83.6 Å². The molecule has 4 rings (SSSR count). The molecule has 1 amide bonds. The summed E-state index contributed by atoms with van der Waals surface area (Å²) in [6, 6.07) is 6.10. The number of hydrogen-bond donors (Lipinski definition) is 2. The number of halogens is 3. The zero-order chi connectivity index (χ0) is 24.5. The summed E-state index contributed by atoms with van der Waals surface area (Å²) in [6.45, 7) is 4.14. The molecule has 0 fully saturated rings. The minimum absolute atomic E-state index is 0.0179. The normalized spacial score (nSPS) is 18.1. The number of aliphatic imine (C=N–C) groups is 1. The largest absolute Gasteiger partial charge is 0.416 e. The number of rotatable bonds is 3. The first-order valence-electron chi connectivity index (χ1n) is 10.6.